The fourth-order valence-electron chi connectivity index (χ4n) is 6.62. The van der Waals surface area contributed by atoms with Crippen molar-refractivity contribution in [1.29, 1.82) is 0 Å². The van der Waals surface area contributed by atoms with Gasteiger partial charge in [0.25, 0.3) is 0 Å². The molecule has 196 valence electrons. The van der Waals surface area contributed by atoms with Crippen LogP contribution in [-0.2, 0) is 0 Å². The molecule has 4 heteroatoms. The summed E-state index contributed by atoms with van der Waals surface area (Å²) >= 11 is 0. The van der Waals surface area contributed by atoms with Crippen molar-refractivity contribution < 1.29 is 0 Å². The largest absolute Gasteiger partial charge is 0.309 e. The van der Waals surface area contributed by atoms with E-state index in [0.29, 0.717) is 0 Å². The number of pyridine rings is 1. The minimum absolute atomic E-state index is 0.874. The summed E-state index contributed by atoms with van der Waals surface area (Å²) < 4.78 is 4.68. The number of para-hydroxylation sites is 2. The third-order valence-corrected chi connectivity index (χ3v) is 8.38. The van der Waals surface area contributed by atoms with E-state index in [0.717, 1.165) is 39.2 Å². The molecule has 0 aliphatic carbocycles. The normalized spacial score (nSPS) is 11.8. The lowest BCUT2D eigenvalue weighted by molar-refractivity contribution is 1.08. The Labute approximate surface area is 241 Å². The first-order valence-electron chi connectivity index (χ1n) is 14.2. The third-order valence-electron chi connectivity index (χ3n) is 8.38. The first-order valence-corrected chi connectivity index (χ1v) is 14.2. The van der Waals surface area contributed by atoms with Crippen LogP contribution in [0.15, 0.2) is 146 Å². The van der Waals surface area contributed by atoms with Crippen molar-refractivity contribution in [3.05, 3.63) is 146 Å². The molecule has 0 radical (unpaired) electrons. The maximum Gasteiger partial charge on any atom is 0.147 e. The van der Waals surface area contributed by atoms with Crippen LogP contribution in [0.1, 0.15) is 0 Å². The van der Waals surface area contributed by atoms with Gasteiger partial charge in [0, 0.05) is 50.9 Å². The van der Waals surface area contributed by atoms with E-state index >= 15 is 0 Å². The molecule has 4 nitrogen and oxygen atoms in total. The summed E-state index contributed by atoms with van der Waals surface area (Å²) in [4.78, 5) is 9.81. The predicted octanol–water partition coefficient (Wildman–Crippen LogP) is 9.49. The van der Waals surface area contributed by atoms with Crippen LogP contribution < -0.4 is 0 Å². The average Bonchev–Trinajstić information content (AvgIpc) is 3.63. The quantitative estimate of drug-likeness (QED) is 0.211. The van der Waals surface area contributed by atoms with Crippen molar-refractivity contribution in [2.75, 3.05) is 0 Å². The van der Waals surface area contributed by atoms with Gasteiger partial charge in [-0.1, -0.05) is 91.0 Å². The molecule has 3 aromatic heterocycles. The van der Waals surface area contributed by atoms with Crippen LogP contribution in [-0.4, -0.2) is 19.1 Å². The number of aromatic nitrogens is 4. The van der Waals surface area contributed by atoms with Crippen molar-refractivity contribution in [2.24, 2.45) is 0 Å². The van der Waals surface area contributed by atoms with Crippen LogP contribution in [0.5, 0.6) is 0 Å². The second-order valence-corrected chi connectivity index (χ2v) is 10.7. The zero-order valence-corrected chi connectivity index (χ0v) is 22.6. The topological polar surface area (TPSA) is 35.6 Å². The van der Waals surface area contributed by atoms with Crippen molar-refractivity contribution in [3.8, 4) is 22.8 Å². The summed E-state index contributed by atoms with van der Waals surface area (Å²) in [6, 6.07) is 47.4. The number of rotatable bonds is 3. The highest BCUT2D eigenvalue weighted by Crippen LogP contribution is 2.39. The third kappa shape index (κ3) is 3.23. The number of hydrogen-bond acceptors (Lipinski definition) is 2. The molecular formula is C38H24N4. The van der Waals surface area contributed by atoms with Crippen molar-refractivity contribution in [2.45, 2.75) is 0 Å². The predicted molar refractivity (Wildman–Crippen MR) is 174 cm³/mol. The van der Waals surface area contributed by atoms with E-state index < -0.39 is 0 Å². The van der Waals surface area contributed by atoms with Crippen LogP contribution in [0.25, 0.3) is 77.1 Å². The molecule has 9 aromatic rings. The van der Waals surface area contributed by atoms with Crippen LogP contribution in [0, 0.1) is 0 Å². The van der Waals surface area contributed by atoms with Crippen LogP contribution in [0.2, 0.25) is 0 Å². The van der Waals surface area contributed by atoms with Gasteiger partial charge < -0.3 is 4.57 Å². The lowest BCUT2D eigenvalue weighted by atomic mass is 10.00. The Kier molecular flexibility index (Phi) is 4.87. The maximum absolute atomic E-state index is 5.35. The van der Waals surface area contributed by atoms with Gasteiger partial charge in [-0.15, -0.1) is 0 Å². The van der Waals surface area contributed by atoms with E-state index in [9.17, 15) is 0 Å². The summed E-state index contributed by atoms with van der Waals surface area (Å²) in [6.07, 6.45) is 3.71. The first kappa shape index (κ1) is 23.0. The molecule has 0 unspecified atom stereocenters. The zero-order valence-electron chi connectivity index (χ0n) is 22.6. The standard InChI is InChI=1S/C38H24N4/c1-3-18-32-28(14-1)29-15-2-4-19-33(29)37-36(32)40-38(25-11-10-22-39-24-25)42(37)27-13-9-12-26(23-27)41-34-20-7-5-16-30(34)31-17-6-8-21-35(31)41/h1-24H. The molecule has 3 heterocycles. The number of benzene rings is 6. The SMILES string of the molecule is c1cncc(-c2nc3c4ccccc4c4ccccc4c3n2-c2cccc(-n3c4ccccc4c4ccccc43)c2)c1. The average molecular weight is 537 g/mol. The number of hydrogen-bond donors (Lipinski definition) is 0. The molecule has 0 amide bonds. The second kappa shape index (κ2) is 8.88. The van der Waals surface area contributed by atoms with Gasteiger partial charge in [-0.05, 0) is 53.2 Å². The van der Waals surface area contributed by atoms with Crippen molar-refractivity contribution >= 4 is 54.4 Å². The monoisotopic (exact) mass is 536 g/mol. The fraction of sp³-hybridized carbons (Fsp3) is 0. The summed E-state index contributed by atoms with van der Waals surface area (Å²) in [5, 5.41) is 7.25. The van der Waals surface area contributed by atoms with Crippen LogP contribution >= 0.6 is 0 Å². The van der Waals surface area contributed by atoms with Gasteiger partial charge in [0.05, 0.1) is 22.1 Å². The van der Waals surface area contributed by atoms with Gasteiger partial charge in [-0.25, -0.2) is 4.98 Å². The highest BCUT2D eigenvalue weighted by atomic mass is 15.1. The Morgan fingerprint density at radius 2 is 1.02 bits per heavy atom. The minimum atomic E-state index is 0.874. The Morgan fingerprint density at radius 1 is 0.452 bits per heavy atom. The van der Waals surface area contributed by atoms with Crippen molar-refractivity contribution in [1.82, 2.24) is 19.1 Å². The molecule has 9 rings (SSSR count). The minimum Gasteiger partial charge on any atom is -0.309 e. The molecule has 0 saturated heterocycles. The molecule has 42 heavy (non-hydrogen) atoms. The van der Waals surface area contributed by atoms with Crippen LogP contribution in [0.3, 0.4) is 0 Å². The second-order valence-electron chi connectivity index (χ2n) is 10.7. The van der Waals surface area contributed by atoms with E-state index in [2.05, 4.69) is 142 Å². The number of fused-ring (bicyclic) bond motifs is 9. The van der Waals surface area contributed by atoms with Gasteiger partial charge in [0.2, 0.25) is 0 Å². The smallest absolute Gasteiger partial charge is 0.147 e. The summed E-state index contributed by atoms with van der Waals surface area (Å²) in [6.45, 7) is 0. The van der Waals surface area contributed by atoms with E-state index in [1.54, 1.807) is 0 Å². The lowest BCUT2D eigenvalue weighted by Crippen LogP contribution is -2.01. The summed E-state index contributed by atoms with van der Waals surface area (Å²) in [7, 11) is 0. The lowest BCUT2D eigenvalue weighted by Gasteiger charge is -2.15. The molecule has 0 aliphatic rings. The summed E-state index contributed by atoms with van der Waals surface area (Å²) in [5.74, 6) is 0.874. The fourth-order valence-corrected chi connectivity index (χ4v) is 6.62. The van der Waals surface area contributed by atoms with E-state index in [1.165, 1.54) is 38.0 Å². The number of imidazole rings is 1. The van der Waals surface area contributed by atoms with E-state index in [1.807, 2.05) is 18.5 Å². The number of nitrogens with zero attached hydrogens (tertiary/aromatic N) is 4. The molecule has 0 saturated carbocycles. The van der Waals surface area contributed by atoms with Gasteiger partial charge in [0.1, 0.15) is 5.82 Å². The molecular weight excluding hydrogens is 512 g/mol. The van der Waals surface area contributed by atoms with Crippen molar-refractivity contribution in [3.63, 3.8) is 0 Å². The molecule has 0 N–H and O–H groups in total. The highest BCUT2D eigenvalue weighted by molar-refractivity contribution is 6.24. The van der Waals surface area contributed by atoms with E-state index in [-0.39, 0.29) is 0 Å². The van der Waals surface area contributed by atoms with Gasteiger partial charge in [-0.2, -0.15) is 0 Å². The molecule has 6 aromatic carbocycles. The Balaban J connectivity index is 1.42. The highest BCUT2D eigenvalue weighted by Gasteiger charge is 2.21. The van der Waals surface area contributed by atoms with Gasteiger partial charge in [-0.3, -0.25) is 9.55 Å². The molecule has 0 atom stereocenters. The first-order chi connectivity index (χ1) is 20.9. The van der Waals surface area contributed by atoms with Gasteiger partial charge >= 0.3 is 0 Å². The Bertz CT molecular complexity index is 2410. The Morgan fingerprint density at radius 3 is 1.69 bits per heavy atom. The summed E-state index contributed by atoms with van der Waals surface area (Å²) in [5.41, 5.74) is 7.60. The molecule has 0 aliphatic heterocycles. The molecule has 0 spiro atoms. The molecule has 0 bridgehead atoms. The van der Waals surface area contributed by atoms with Crippen LogP contribution in [0.4, 0.5) is 0 Å². The van der Waals surface area contributed by atoms with Gasteiger partial charge in [0.15, 0.2) is 0 Å². The Hall–Kier alpha value is -5.74. The zero-order chi connectivity index (χ0) is 27.6. The molecule has 0 fully saturated rings. The maximum atomic E-state index is 5.35. The van der Waals surface area contributed by atoms with E-state index in [4.69, 9.17) is 4.98 Å².